The number of thioether (sulfide) groups is 1. The fraction of sp³-hybridized carbons (Fsp3) is 1.00. The molecule has 0 amide bonds. The van der Waals surface area contributed by atoms with Crippen LogP contribution in [0.5, 0.6) is 0 Å². The first-order valence-corrected chi connectivity index (χ1v) is 5.19. The molecule has 0 radical (unpaired) electrons. The van der Waals surface area contributed by atoms with Crippen molar-refractivity contribution < 1.29 is 0 Å². The van der Waals surface area contributed by atoms with Gasteiger partial charge in [0.15, 0.2) is 0 Å². The Morgan fingerprint density at radius 3 is 2.90 bits per heavy atom. The van der Waals surface area contributed by atoms with Gasteiger partial charge in [0.25, 0.3) is 0 Å². The fourth-order valence-corrected chi connectivity index (χ4v) is 2.07. The van der Waals surface area contributed by atoms with Crippen LogP contribution in [0, 0.1) is 0 Å². The van der Waals surface area contributed by atoms with Gasteiger partial charge < -0.3 is 5.32 Å². The molecule has 1 rings (SSSR count). The zero-order valence-corrected chi connectivity index (χ0v) is 7.76. The Kier molecular flexibility index (Phi) is 3.05. The fourth-order valence-electron chi connectivity index (χ4n) is 1.27. The number of nitrogens with one attached hydrogen (secondary N) is 1. The van der Waals surface area contributed by atoms with Crippen molar-refractivity contribution in [3.63, 3.8) is 0 Å². The molecule has 1 saturated heterocycles. The molecule has 0 aromatic heterocycles. The van der Waals surface area contributed by atoms with E-state index in [9.17, 15) is 0 Å². The van der Waals surface area contributed by atoms with E-state index in [1.807, 2.05) is 0 Å². The van der Waals surface area contributed by atoms with Gasteiger partial charge in [-0.3, -0.25) is 0 Å². The first kappa shape index (κ1) is 8.41. The van der Waals surface area contributed by atoms with Crippen LogP contribution in [-0.4, -0.2) is 23.6 Å². The lowest BCUT2D eigenvalue weighted by atomic mass is 9.99. The third kappa shape index (κ3) is 2.93. The highest BCUT2D eigenvalue weighted by molar-refractivity contribution is 7.99. The van der Waals surface area contributed by atoms with Crippen LogP contribution >= 0.6 is 11.8 Å². The number of hydrogen-bond donors (Lipinski definition) is 1. The molecule has 60 valence electrons. The summed E-state index contributed by atoms with van der Waals surface area (Å²) in [5.74, 6) is 2.63. The van der Waals surface area contributed by atoms with Crippen LogP contribution in [0.15, 0.2) is 0 Å². The highest BCUT2D eigenvalue weighted by Gasteiger charge is 2.16. The normalized spacial score (nSPS) is 27.0. The average molecular weight is 159 g/mol. The molecule has 0 spiro atoms. The molecule has 0 aromatic rings. The maximum absolute atomic E-state index is 3.54. The van der Waals surface area contributed by atoms with E-state index in [1.165, 1.54) is 30.9 Å². The zero-order valence-electron chi connectivity index (χ0n) is 6.94. The standard InChI is InChI=1S/C8H17NS/c1-8(2)4-3-6-10-7-5-9-8/h9H,3-7H2,1-2H3. The predicted octanol–water partition coefficient (Wildman–Crippen LogP) is 1.88. The van der Waals surface area contributed by atoms with Gasteiger partial charge in [-0.2, -0.15) is 11.8 Å². The van der Waals surface area contributed by atoms with Gasteiger partial charge in [0, 0.05) is 17.8 Å². The summed E-state index contributed by atoms with van der Waals surface area (Å²) in [6.07, 6.45) is 2.69. The predicted molar refractivity (Wildman–Crippen MR) is 48.6 cm³/mol. The second-order valence-corrected chi connectivity index (χ2v) is 4.75. The van der Waals surface area contributed by atoms with Crippen LogP contribution in [0.25, 0.3) is 0 Å². The molecular weight excluding hydrogens is 142 g/mol. The Balaban J connectivity index is 2.30. The molecule has 0 aliphatic carbocycles. The quantitative estimate of drug-likeness (QED) is 0.579. The molecule has 1 fully saturated rings. The largest absolute Gasteiger partial charge is 0.311 e. The van der Waals surface area contributed by atoms with Gasteiger partial charge in [0.2, 0.25) is 0 Å². The van der Waals surface area contributed by atoms with Crippen molar-refractivity contribution in [3.05, 3.63) is 0 Å². The van der Waals surface area contributed by atoms with Gasteiger partial charge >= 0.3 is 0 Å². The summed E-state index contributed by atoms with van der Waals surface area (Å²) in [6, 6.07) is 0. The SMILES string of the molecule is CC1(C)CCCSCCN1. The summed E-state index contributed by atoms with van der Waals surface area (Å²) in [5.41, 5.74) is 0.390. The molecule has 0 atom stereocenters. The van der Waals surface area contributed by atoms with E-state index in [0.29, 0.717) is 5.54 Å². The summed E-state index contributed by atoms with van der Waals surface area (Å²) < 4.78 is 0. The van der Waals surface area contributed by atoms with E-state index >= 15 is 0 Å². The minimum atomic E-state index is 0.390. The molecule has 0 saturated carbocycles. The molecule has 0 bridgehead atoms. The van der Waals surface area contributed by atoms with Crippen molar-refractivity contribution >= 4 is 11.8 Å². The summed E-state index contributed by atoms with van der Waals surface area (Å²) in [4.78, 5) is 0. The molecular formula is C8H17NS. The van der Waals surface area contributed by atoms with Crippen molar-refractivity contribution in [2.45, 2.75) is 32.2 Å². The van der Waals surface area contributed by atoms with Crippen LogP contribution in [0.1, 0.15) is 26.7 Å². The third-order valence-electron chi connectivity index (χ3n) is 1.94. The van der Waals surface area contributed by atoms with Crippen molar-refractivity contribution in [3.8, 4) is 0 Å². The first-order valence-electron chi connectivity index (χ1n) is 4.03. The molecule has 10 heavy (non-hydrogen) atoms. The highest BCUT2D eigenvalue weighted by Crippen LogP contribution is 2.16. The van der Waals surface area contributed by atoms with E-state index in [1.54, 1.807) is 0 Å². The number of hydrogen-bond acceptors (Lipinski definition) is 2. The van der Waals surface area contributed by atoms with Crippen LogP contribution in [0.4, 0.5) is 0 Å². The minimum Gasteiger partial charge on any atom is -0.311 e. The summed E-state index contributed by atoms with van der Waals surface area (Å²) in [5, 5.41) is 3.54. The number of rotatable bonds is 0. The molecule has 1 aliphatic heterocycles. The monoisotopic (exact) mass is 159 g/mol. The van der Waals surface area contributed by atoms with Crippen LogP contribution in [-0.2, 0) is 0 Å². The molecule has 1 N–H and O–H groups in total. The van der Waals surface area contributed by atoms with Crippen LogP contribution in [0.2, 0.25) is 0 Å². The Morgan fingerprint density at radius 1 is 1.30 bits per heavy atom. The van der Waals surface area contributed by atoms with E-state index in [4.69, 9.17) is 0 Å². The van der Waals surface area contributed by atoms with E-state index in [2.05, 4.69) is 30.9 Å². The molecule has 0 unspecified atom stereocenters. The Morgan fingerprint density at radius 2 is 2.10 bits per heavy atom. The molecule has 1 aliphatic rings. The third-order valence-corrected chi connectivity index (χ3v) is 3.01. The van der Waals surface area contributed by atoms with E-state index in [-0.39, 0.29) is 0 Å². The molecule has 1 heterocycles. The van der Waals surface area contributed by atoms with Gasteiger partial charge in [0.05, 0.1) is 0 Å². The summed E-state index contributed by atoms with van der Waals surface area (Å²) >= 11 is 2.07. The van der Waals surface area contributed by atoms with E-state index < -0.39 is 0 Å². The van der Waals surface area contributed by atoms with Crippen molar-refractivity contribution in [1.82, 2.24) is 5.32 Å². The lowest BCUT2D eigenvalue weighted by Gasteiger charge is -2.28. The van der Waals surface area contributed by atoms with Crippen LogP contribution in [0.3, 0.4) is 0 Å². The van der Waals surface area contributed by atoms with Crippen molar-refractivity contribution in [2.24, 2.45) is 0 Å². The average Bonchev–Trinajstić information content (AvgIpc) is 1.81. The highest BCUT2D eigenvalue weighted by atomic mass is 32.2. The van der Waals surface area contributed by atoms with Crippen molar-refractivity contribution in [2.75, 3.05) is 18.1 Å². The first-order chi connectivity index (χ1) is 4.71. The lowest BCUT2D eigenvalue weighted by Crippen LogP contribution is -2.41. The maximum Gasteiger partial charge on any atom is 0.0125 e. The van der Waals surface area contributed by atoms with Gasteiger partial charge in [-0.25, -0.2) is 0 Å². The second kappa shape index (κ2) is 3.63. The van der Waals surface area contributed by atoms with Crippen molar-refractivity contribution in [1.29, 1.82) is 0 Å². The topological polar surface area (TPSA) is 12.0 Å². The zero-order chi connectivity index (χ0) is 7.45. The van der Waals surface area contributed by atoms with Gasteiger partial charge in [0.1, 0.15) is 0 Å². The summed E-state index contributed by atoms with van der Waals surface area (Å²) in [7, 11) is 0. The summed E-state index contributed by atoms with van der Waals surface area (Å²) in [6.45, 7) is 5.77. The Bertz CT molecular complexity index is 91.4. The molecule has 1 nitrogen and oxygen atoms in total. The van der Waals surface area contributed by atoms with E-state index in [0.717, 1.165) is 0 Å². The molecule has 2 heteroatoms. The lowest BCUT2D eigenvalue weighted by molar-refractivity contribution is 0.367. The second-order valence-electron chi connectivity index (χ2n) is 3.53. The molecule has 0 aromatic carbocycles. The Labute approximate surface area is 68.0 Å². The van der Waals surface area contributed by atoms with Gasteiger partial charge in [-0.1, -0.05) is 0 Å². The van der Waals surface area contributed by atoms with Gasteiger partial charge in [-0.05, 0) is 32.4 Å². The Hall–Kier alpha value is 0.310. The maximum atomic E-state index is 3.54. The minimum absolute atomic E-state index is 0.390. The van der Waals surface area contributed by atoms with Crippen LogP contribution < -0.4 is 5.32 Å². The van der Waals surface area contributed by atoms with Gasteiger partial charge in [-0.15, -0.1) is 0 Å². The smallest absolute Gasteiger partial charge is 0.0125 e.